The Morgan fingerprint density at radius 1 is 1.29 bits per heavy atom. The van der Waals surface area contributed by atoms with E-state index in [4.69, 9.17) is 23.2 Å². The average Bonchev–Trinajstić information content (AvgIpc) is 2.49. The number of nitrogens with one attached hydrogen (secondary N) is 1. The molecule has 0 radical (unpaired) electrons. The predicted molar refractivity (Wildman–Crippen MR) is 90.6 cm³/mol. The predicted octanol–water partition coefficient (Wildman–Crippen LogP) is 4.83. The lowest BCUT2D eigenvalue weighted by molar-refractivity contribution is 1.10. The number of aromatic nitrogens is 2. The van der Waals surface area contributed by atoms with Crippen LogP contribution < -0.4 is 5.32 Å². The zero-order chi connectivity index (χ0) is 15.4. The normalized spacial score (nSPS) is 11.3. The molecule has 0 aliphatic carbocycles. The van der Waals surface area contributed by atoms with Crippen LogP contribution in [0.15, 0.2) is 47.1 Å². The van der Waals surface area contributed by atoms with E-state index in [1.807, 2.05) is 38.2 Å². The first kappa shape index (κ1) is 15.5. The maximum atomic E-state index is 5.98. The van der Waals surface area contributed by atoms with Crippen molar-refractivity contribution >= 4 is 35.0 Å². The van der Waals surface area contributed by atoms with Crippen LogP contribution in [0.25, 0.3) is 17.3 Å². The van der Waals surface area contributed by atoms with Gasteiger partial charge in [0.05, 0.1) is 33.3 Å². The highest BCUT2D eigenvalue weighted by atomic mass is 35.5. The van der Waals surface area contributed by atoms with E-state index in [0.29, 0.717) is 10.7 Å². The molecule has 2 aromatic rings. The number of nitrogens with zero attached hydrogens (tertiary/aromatic N) is 2. The highest BCUT2D eigenvalue weighted by Gasteiger charge is 2.08. The number of hydrogen-bond donors (Lipinski definition) is 1. The van der Waals surface area contributed by atoms with Crippen LogP contribution in [-0.2, 0) is 0 Å². The van der Waals surface area contributed by atoms with Gasteiger partial charge in [0.1, 0.15) is 0 Å². The van der Waals surface area contributed by atoms with Crippen molar-refractivity contribution in [3.8, 4) is 11.3 Å². The third-order valence-corrected chi connectivity index (χ3v) is 3.62. The SMILES string of the molecule is C=C(Cl)/C(Cl)=C\c1ncc(-c2ccccc2NC)nc1C. The summed E-state index contributed by atoms with van der Waals surface area (Å²) in [6, 6.07) is 7.93. The fourth-order valence-corrected chi connectivity index (χ4v) is 2.04. The van der Waals surface area contributed by atoms with Gasteiger partial charge in [0.15, 0.2) is 0 Å². The molecule has 0 saturated carbocycles. The molecule has 108 valence electrons. The molecule has 1 heterocycles. The van der Waals surface area contributed by atoms with Crippen LogP contribution in [0.4, 0.5) is 5.69 Å². The minimum atomic E-state index is 0.280. The monoisotopic (exact) mass is 319 g/mol. The highest BCUT2D eigenvalue weighted by molar-refractivity contribution is 6.44. The zero-order valence-electron chi connectivity index (χ0n) is 11.8. The third kappa shape index (κ3) is 3.63. The van der Waals surface area contributed by atoms with Gasteiger partial charge in [0.2, 0.25) is 0 Å². The summed E-state index contributed by atoms with van der Waals surface area (Å²) in [5.41, 5.74) is 4.25. The molecule has 1 aromatic heterocycles. The molecule has 0 aliphatic heterocycles. The molecule has 0 atom stereocenters. The zero-order valence-corrected chi connectivity index (χ0v) is 13.3. The molecular weight excluding hydrogens is 305 g/mol. The standard InChI is InChI=1S/C16H15Cl2N3/c1-10(17)13(18)8-15-11(2)21-16(9-20-15)12-6-4-5-7-14(12)19-3/h4-9,19H,1H2,2-3H3/b13-8+. The van der Waals surface area contributed by atoms with Crippen LogP contribution >= 0.6 is 23.2 Å². The maximum Gasteiger partial charge on any atom is 0.0909 e. The smallest absolute Gasteiger partial charge is 0.0909 e. The lowest BCUT2D eigenvalue weighted by Gasteiger charge is -2.09. The fourth-order valence-electron chi connectivity index (χ4n) is 1.89. The number of benzene rings is 1. The van der Waals surface area contributed by atoms with E-state index < -0.39 is 0 Å². The van der Waals surface area contributed by atoms with Crippen molar-refractivity contribution in [3.05, 3.63) is 58.5 Å². The Morgan fingerprint density at radius 3 is 2.62 bits per heavy atom. The average molecular weight is 320 g/mol. The van der Waals surface area contributed by atoms with Crippen molar-refractivity contribution < 1.29 is 0 Å². The van der Waals surface area contributed by atoms with E-state index in [1.54, 1.807) is 12.3 Å². The molecule has 0 amide bonds. The van der Waals surface area contributed by atoms with E-state index in [0.717, 1.165) is 22.6 Å². The first-order chi connectivity index (χ1) is 10.0. The summed E-state index contributed by atoms with van der Waals surface area (Å²) in [5.74, 6) is 0. The lowest BCUT2D eigenvalue weighted by atomic mass is 10.1. The molecular formula is C16H15Cl2N3. The molecule has 0 bridgehead atoms. The molecule has 0 unspecified atom stereocenters. The Kier molecular flexibility index (Phi) is 4.99. The molecule has 1 N–H and O–H groups in total. The Morgan fingerprint density at radius 2 is 2.00 bits per heavy atom. The van der Waals surface area contributed by atoms with Gasteiger partial charge in [0.25, 0.3) is 0 Å². The summed E-state index contributed by atoms with van der Waals surface area (Å²) in [4.78, 5) is 8.99. The second-order valence-electron chi connectivity index (χ2n) is 4.42. The van der Waals surface area contributed by atoms with E-state index in [9.17, 15) is 0 Å². The molecule has 0 spiro atoms. The Hall–Kier alpha value is -1.84. The van der Waals surface area contributed by atoms with E-state index in [-0.39, 0.29) is 5.03 Å². The van der Waals surface area contributed by atoms with Crippen LogP contribution in [0, 0.1) is 6.92 Å². The number of aryl methyl sites for hydroxylation is 1. The van der Waals surface area contributed by atoms with Crippen LogP contribution in [0.1, 0.15) is 11.4 Å². The van der Waals surface area contributed by atoms with Gasteiger partial charge in [-0.05, 0) is 19.1 Å². The second kappa shape index (κ2) is 6.74. The summed E-state index contributed by atoms with van der Waals surface area (Å²) in [6.45, 7) is 5.46. The Labute approximate surface area is 134 Å². The number of anilines is 1. The summed E-state index contributed by atoms with van der Waals surface area (Å²) in [6.07, 6.45) is 3.38. The van der Waals surface area contributed by atoms with Gasteiger partial charge in [-0.1, -0.05) is 48.0 Å². The number of hydrogen-bond acceptors (Lipinski definition) is 3. The molecule has 0 aliphatic rings. The first-order valence-electron chi connectivity index (χ1n) is 6.35. The van der Waals surface area contributed by atoms with Gasteiger partial charge < -0.3 is 5.32 Å². The lowest BCUT2D eigenvalue weighted by Crippen LogP contribution is -1.97. The van der Waals surface area contributed by atoms with Crippen molar-refractivity contribution in [1.29, 1.82) is 0 Å². The number of para-hydroxylation sites is 1. The van der Waals surface area contributed by atoms with Crippen molar-refractivity contribution in [2.75, 3.05) is 12.4 Å². The van der Waals surface area contributed by atoms with Gasteiger partial charge in [0, 0.05) is 18.3 Å². The number of rotatable bonds is 4. The largest absolute Gasteiger partial charge is 0.388 e. The quantitative estimate of drug-likeness (QED) is 0.820. The van der Waals surface area contributed by atoms with Crippen LogP contribution in [0.5, 0.6) is 0 Å². The molecule has 3 nitrogen and oxygen atoms in total. The molecule has 5 heteroatoms. The minimum Gasteiger partial charge on any atom is -0.388 e. The van der Waals surface area contributed by atoms with E-state index in [1.165, 1.54) is 0 Å². The molecule has 2 rings (SSSR count). The van der Waals surface area contributed by atoms with Gasteiger partial charge in [-0.3, -0.25) is 4.98 Å². The van der Waals surface area contributed by atoms with Crippen molar-refractivity contribution in [1.82, 2.24) is 9.97 Å². The third-order valence-electron chi connectivity index (χ3n) is 2.98. The van der Waals surface area contributed by atoms with Gasteiger partial charge in [-0.2, -0.15) is 0 Å². The van der Waals surface area contributed by atoms with Gasteiger partial charge >= 0.3 is 0 Å². The van der Waals surface area contributed by atoms with Gasteiger partial charge in [-0.25, -0.2) is 4.98 Å². The second-order valence-corrected chi connectivity index (χ2v) is 5.28. The van der Waals surface area contributed by atoms with Crippen LogP contribution in [0.3, 0.4) is 0 Å². The summed E-state index contributed by atoms with van der Waals surface area (Å²) in [7, 11) is 1.88. The Bertz CT molecular complexity index is 708. The summed E-state index contributed by atoms with van der Waals surface area (Å²) >= 11 is 11.7. The first-order valence-corrected chi connectivity index (χ1v) is 7.11. The number of allylic oxidation sites excluding steroid dienone is 2. The fraction of sp³-hybridized carbons (Fsp3) is 0.125. The number of halogens is 2. The van der Waals surface area contributed by atoms with Crippen molar-refractivity contribution in [3.63, 3.8) is 0 Å². The van der Waals surface area contributed by atoms with Crippen LogP contribution in [-0.4, -0.2) is 17.0 Å². The molecule has 1 aromatic carbocycles. The molecule has 0 saturated heterocycles. The van der Waals surface area contributed by atoms with Crippen LogP contribution in [0.2, 0.25) is 0 Å². The Balaban J connectivity index is 2.44. The minimum absolute atomic E-state index is 0.280. The summed E-state index contributed by atoms with van der Waals surface area (Å²) < 4.78 is 0. The van der Waals surface area contributed by atoms with Gasteiger partial charge in [-0.15, -0.1) is 0 Å². The highest BCUT2D eigenvalue weighted by Crippen LogP contribution is 2.27. The maximum absolute atomic E-state index is 5.98. The summed E-state index contributed by atoms with van der Waals surface area (Å²) in [5, 5.41) is 3.78. The molecule has 21 heavy (non-hydrogen) atoms. The van der Waals surface area contributed by atoms with E-state index >= 15 is 0 Å². The molecule has 0 fully saturated rings. The topological polar surface area (TPSA) is 37.8 Å². The van der Waals surface area contributed by atoms with Crippen molar-refractivity contribution in [2.24, 2.45) is 0 Å². The van der Waals surface area contributed by atoms with E-state index in [2.05, 4.69) is 21.9 Å². The van der Waals surface area contributed by atoms with Crippen molar-refractivity contribution in [2.45, 2.75) is 6.92 Å².